The van der Waals surface area contributed by atoms with Gasteiger partial charge in [0.25, 0.3) is 0 Å². The maximum atomic E-state index is 6.23. The highest BCUT2D eigenvalue weighted by atomic mass is 35.5. The number of rotatable bonds is 3. The van der Waals surface area contributed by atoms with Gasteiger partial charge in [0.15, 0.2) is 0 Å². The molecule has 0 aliphatic heterocycles. The van der Waals surface area contributed by atoms with E-state index in [1.807, 2.05) is 35.0 Å². The van der Waals surface area contributed by atoms with Crippen LogP contribution in [0.15, 0.2) is 30.5 Å². The van der Waals surface area contributed by atoms with Gasteiger partial charge in [-0.15, -0.1) is 5.10 Å². The second-order valence-electron chi connectivity index (χ2n) is 5.72. The molecule has 3 aromatic rings. The summed E-state index contributed by atoms with van der Waals surface area (Å²) in [6.07, 6.45) is 8.42. The summed E-state index contributed by atoms with van der Waals surface area (Å²) in [5, 5.41) is 9.82. The number of anilines is 1. The maximum Gasteiger partial charge on any atom is 0.214 e. The molecule has 0 bridgehead atoms. The molecule has 1 fully saturated rings. The van der Waals surface area contributed by atoms with Crippen LogP contribution in [0.25, 0.3) is 16.2 Å². The summed E-state index contributed by atoms with van der Waals surface area (Å²) in [6, 6.07) is 8.32. The normalized spacial score (nSPS) is 16.2. The first-order valence-electron chi connectivity index (χ1n) is 7.67. The van der Waals surface area contributed by atoms with Gasteiger partial charge in [-0.2, -0.15) is 0 Å². The topological polar surface area (TPSA) is 42.2 Å². The molecule has 0 atom stereocenters. The van der Waals surface area contributed by atoms with Crippen molar-refractivity contribution in [3.8, 4) is 11.3 Å². The molecular formula is C16H17ClN4S. The fraction of sp³-hybridized carbons (Fsp3) is 0.375. The fourth-order valence-electron chi connectivity index (χ4n) is 2.98. The Hall–Kier alpha value is -1.59. The Kier molecular flexibility index (Phi) is 3.76. The van der Waals surface area contributed by atoms with Crippen molar-refractivity contribution in [2.75, 3.05) is 5.32 Å². The second kappa shape index (κ2) is 5.89. The molecule has 0 radical (unpaired) electrons. The number of nitrogens with zero attached hydrogens (tertiary/aromatic N) is 3. The van der Waals surface area contributed by atoms with Crippen molar-refractivity contribution in [3.05, 3.63) is 35.5 Å². The zero-order valence-corrected chi connectivity index (χ0v) is 13.7. The van der Waals surface area contributed by atoms with Crippen LogP contribution < -0.4 is 5.32 Å². The van der Waals surface area contributed by atoms with Gasteiger partial charge in [0.1, 0.15) is 0 Å². The molecule has 4 rings (SSSR count). The molecule has 0 saturated heterocycles. The number of nitrogens with one attached hydrogen (secondary N) is 1. The third kappa shape index (κ3) is 2.71. The minimum Gasteiger partial charge on any atom is -0.357 e. The Morgan fingerprint density at radius 3 is 2.77 bits per heavy atom. The molecule has 1 aliphatic rings. The van der Waals surface area contributed by atoms with E-state index in [9.17, 15) is 0 Å². The van der Waals surface area contributed by atoms with Crippen molar-refractivity contribution < 1.29 is 0 Å². The minimum absolute atomic E-state index is 0.563. The first kappa shape index (κ1) is 14.0. The fourth-order valence-corrected chi connectivity index (χ4v) is 4.07. The van der Waals surface area contributed by atoms with Crippen LogP contribution in [-0.2, 0) is 0 Å². The van der Waals surface area contributed by atoms with E-state index in [0.29, 0.717) is 11.1 Å². The molecule has 22 heavy (non-hydrogen) atoms. The van der Waals surface area contributed by atoms with Crippen LogP contribution in [-0.4, -0.2) is 20.6 Å². The number of aromatic nitrogens is 3. The molecule has 2 aromatic heterocycles. The first-order valence-corrected chi connectivity index (χ1v) is 8.87. The highest BCUT2D eigenvalue weighted by Crippen LogP contribution is 2.30. The van der Waals surface area contributed by atoms with Crippen molar-refractivity contribution in [1.82, 2.24) is 14.6 Å². The van der Waals surface area contributed by atoms with Crippen molar-refractivity contribution in [2.45, 2.75) is 38.1 Å². The van der Waals surface area contributed by atoms with Gasteiger partial charge < -0.3 is 5.32 Å². The van der Waals surface area contributed by atoms with Crippen LogP contribution in [0.1, 0.15) is 32.1 Å². The molecule has 4 nitrogen and oxygen atoms in total. The summed E-state index contributed by atoms with van der Waals surface area (Å²) in [5.41, 5.74) is 1.82. The average Bonchev–Trinajstić information content (AvgIpc) is 3.07. The van der Waals surface area contributed by atoms with Gasteiger partial charge in [-0.3, -0.25) is 0 Å². The van der Waals surface area contributed by atoms with E-state index in [4.69, 9.17) is 11.6 Å². The highest BCUT2D eigenvalue weighted by Gasteiger charge is 2.16. The molecule has 2 heterocycles. The monoisotopic (exact) mass is 332 g/mol. The quantitative estimate of drug-likeness (QED) is 0.745. The number of fused-ring (bicyclic) bond motifs is 1. The lowest BCUT2D eigenvalue weighted by atomic mass is 9.96. The van der Waals surface area contributed by atoms with Crippen LogP contribution >= 0.6 is 22.9 Å². The lowest BCUT2D eigenvalue weighted by molar-refractivity contribution is 0.462. The molecule has 0 amide bonds. The van der Waals surface area contributed by atoms with Gasteiger partial charge in [-0.1, -0.05) is 60.4 Å². The van der Waals surface area contributed by atoms with Gasteiger partial charge in [-0.05, 0) is 18.9 Å². The largest absolute Gasteiger partial charge is 0.357 e. The Morgan fingerprint density at radius 2 is 2.00 bits per heavy atom. The Bertz CT molecular complexity index is 757. The minimum atomic E-state index is 0.563. The lowest BCUT2D eigenvalue weighted by Gasteiger charge is -2.21. The van der Waals surface area contributed by atoms with Gasteiger partial charge >= 0.3 is 0 Å². The van der Waals surface area contributed by atoms with E-state index in [-0.39, 0.29) is 0 Å². The summed E-state index contributed by atoms with van der Waals surface area (Å²) in [5.74, 6) is 0. The van der Waals surface area contributed by atoms with Gasteiger partial charge in [0, 0.05) is 11.6 Å². The van der Waals surface area contributed by atoms with Gasteiger partial charge in [-0.25, -0.2) is 9.50 Å². The number of hydrogen-bond acceptors (Lipinski definition) is 4. The lowest BCUT2D eigenvalue weighted by Crippen LogP contribution is -2.22. The molecular weight excluding hydrogens is 316 g/mol. The Labute approximate surface area is 138 Å². The van der Waals surface area contributed by atoms with Crippen LogP contribution in [0.5, 0.6) is 0 Å². The molecule has 1 saturated carbocycles. The molecule has 0 unspecified atom stereocenters. The number of halogens is 1. The molecule has 1 aliphatic carbocycles. The number of benzene rings is 1. The van der Waals surface area contributed by atoms with Gasteiger partial charge in [0.05, 0.1) is 16.9 Å². The van der Waals surface area contributed by atoms with E-state index in [2.05, 4.69) is 15.4 Å². The molecule has 114 valence electrons. The second-order valence-corrected chi connectivity index (χ2v) is 7.08. The number of hydrogen-bond donors (Lipinski definition) is 1. The van der Waals surface area contributed by atoms with Crippen LogP contribution in [0.4, 0.5) is 5.13 Å². The van der Waals surface area contributed by atoms with Crippen LogP contribution in [0.3, 0.4) is 0 Å². The molecule has 1 aromatic carbocycles. The zero-order valence-electron chi connectivity index (χ0n) is 12.1. The predicted octanol–water partition coefficient (Wildman–Crippen LogP) is 4.86. The summed E-state index contributed by atoms with van der Waals surface area (Å²) in [4.78, 5) is 5.55. The predicted molar refractivity (Wildman–Crippen MR) is 91.8 cm³/mol. The summed E-state index contributed by atoms with van der Waals surface area (Å²) in [6.45, 7) is 0. The van der Waals surface area contributed by atoms with E-state index < -0.39 is 0 Å². The van der Waals surface area contributed by atoms with Crippen LogP contribution in [0.2, 0.25) is 5.02 Å². The van der Waals surface area contributed by atoms with E-state index in [1.165, 1.54) is 32.1 Å². The van der Waals surface area contributed by atoms with Gasteiger partial charge in [0.2, 0.25) is 10.1 Å². The molecule has 0 spiro atoms. The average molecular weight is 333 g/mol. The Balaban J connectivity index is 1.58. The van der Waals surface area contributed by atoms with E-state index >= 15 is 0 Å². The van der Waals surface area contributed by atoms with Crippen LogP contribution in [0, 0.1) is 0 Å². The van der Waals surface area contributed by atoms with Crippen molar-refractivity contribution >= 4 is 33.0 Å². The summed E-state index contributed by atoms with van der Waals surface area (Å²) >= 11 is 7.83. The first-order chi connectivity index (χ1) is 10.8. The van der Waals surface area contributed by atoms with Crippen molar-refractivity contribution in [1.29, 1.82) is 0 Å². The zero-order chi connectivity index (χ0) is 14.9. The third-order valence-corrected chi connectivity index (χ3v) is 5.31. The van der Waals surface area contributed by atoms with E-state index in [0.717, 1.165) is 21.3 Å². The molecule has 6 heteroatoms. The third-order valence-electron chi connectivity index (χ3n) is 4.13. The van der Waals surface area contributed by atoms with E-state index in [1.54, 1.807) is 11.3 Å². The maximum absolute atomic E-state index is 6.23. The van der Waals surface area contributed by atoms with Crippen molar-refractivity contribution in [2.24, 2.45) is 0 Å². The SMILES string of the molecule is Clc1ccccc1-c1cn2nc(NC3CCCCC3)sc2n1. The Morgan fingerprint density at radius 1 is 1.18 bits per heavy atom. The summed E-state index contributed by atoms with van der Waals surface area (Å²) < 4.78 is 1.84. The number of imidazole rings is 1. The molecule has 1 N–H and O–H groups in total. The summed E-state index contributed by atoms with van der Waals surface area (Å²) in [7, 11) is 0. The van der Waals surface area contributed by atoms with Crippen molar-refractivity contribution in [3.63, 3.8) is 0 Å². The highest BCUT2D eigenvalue weighted by molar-refractivity contribution is 7.20. The smallest absolute Gasteiger partial charge is 0.214 e. The standard InChI is InChI=1S/C16H17ClN4S/c17-13-9-5-4-8-12(13)14-10-21-16(19-14)22-15(20-21)18-11-6-2-1-3-7-11/h4-5,8-11H,1-3,6-7H2,(H,18,20).